The second-order valence-electron chi connectivity index (χ2n) is 7.59. The Hall–Kier alpha value is -3.34. The monoisotopic (exact) mass is 419 g/mol. The third-order valence-corrected chi connectivity index (χ3v) is 5.28. The van der Waals surface area contributed by atoms with Gasteiger partial charge in [-0.25, -0.2) is 0 Å². The second kappa shape index (κ2) is 10.6. The maximum absolute atomic E-state index is 12.2. The molecule has 0 atom stereocenters. The Morgan fingerprint density at radius 2 is 1.61 bits per heavy atom. The summed E-state index contributed by atoms with van der Waals surface area (Å²) in [5.41, 5.74) is 3.25. The van der Waals surface area contributed by atoms with Gasteiger partial charge in [-0.15, -0.1) is 0 Å². The molecule has 3 rings (SSSR count). The molecule has 0 aliphatic carbocycles. The van der Waals surface area contributed by atoms with Gasteiger partial charge in [0.05, 0.1) is 6.54 Å². The molecule has 0 aliphatic rings. The summed E-state index contributed by atoms with van der Waals surface area (Å²) < 4.78 is 5.57. The van der Waals surface area contributed by atoms with E-state index in [1.54, 1.807) is 0 Å². The van der Waals surface area contributed by atoms with Crippen LogP contribution in [0.25, 0.3) is 11.1 Å². The lowest BCUT2D eigenvalue weighted by Gasteiger charge is -2.10. The zero-order chi connectivity index (χ0) is 22.2. The van der Waals surface area contributed by atoms with E-state index in [2.05, 4.69) is 12.2 Å². The van der Waals surface area contributed by atoms with Crippen molar-refractivity contribution in [1.29, 1.82) is 0 Å². The van der Waals surface area contributed by atoms with Crippen LogP contribution in [-0.4, -0.2) is 10.9 Å². The lowest BCUT2D eigenvalue weighted by Crippen LogP contribution is -2.08. The van der Waals surface area contributed by atoms with Crippen LogP contribution in [0.3, 0.4) is 0 Å². The van der Waals surface area contributed by atoms with Crippen LogP contribution >= 0.6 is 0 Å². The van der Waals surface area contributed by atoms with E-state index in [9.17, 15) is 14.7 Å². The molecule has 0 bridgehead atoms. The molecule has 162 valence electrons. The number of aryl methyl sites for hydroxylation is 1. The molecule has 5 nitrogen and oxygen atoms in total. The topological polar surface area (TPSA) is 79.5 Å². The van der Waals surface area contributed by atoms with Crippen LogP contribution < -0.4 is 10.7 Å². The Kier molecular flexibility index (Phi) is 7.65. The smallest absolute Gasteiger partial charge is 0.227 e. The summed E-state index contributed by atoms with van der Waals surface area (Å²) in [6.07, 6.45) is 4.32. The molecule has 0 radical (unpaired) electrons. The maximum Gasteiger partial charge on any atom is 0.227 e. The molecule has 0 saturated carbocycles. The number of ketones is 1. The number of rotatable bonds is 10. The lowest BCUT2D eigenvalue weighted by atomic mass is 10.00. The molecule has 1 aromatic heterocycles. The number of anilines is 1. The van der Waals surface area contributed by atoms with E-state index in [-0.39, 0.29) is 23.8 Å². The molecule has 5 heteroatoms. The average Bonchev–Trinajstić information content (AvgIpc) is 2.80. The van der Waals surface area contributed by atoms with Crippen molar-refractivity contribution in [1.82, 2.24) is 0 Å². The number of aromatic hydroxyl groups is 1. The van der Waals surface area contributed by atoms with Crippen molar-refractivity contribution < 1.29 is 14.3 Å². The molecule has 2 aromatic carbocycles. The summed E-state index contributed by atoms with van der Waals surface area (Å²) in [6, 6.07) is 16.9. The van der Waals surface area contributed by atoms with Gasteiger partial charge in [-0.2, -0.15) is 0 Å². The van der Waals surface area contributed by atoms with Crippen molar-refractivity contribution in [2.75, 3.05) is 5.32 Å². The molecule has 0 fully saturated rings. The highest BCUT2D eigenvalue weighted by molar-refractivity contribution is 5.96. The Bertz CT molecular complexity index is 1070. The first-order chi connectivity index (χ1) is 15.0. The number of carbonyl (C=O) groups is 1. The third-order valence-electron chi connectivity index (χ3n) is 5.28. The third kappa shape index (κ3) is 5.85. The molecule has 1 heterocycles. The van der Waals surface area contributed by atoms with Crippen LogP contribution in [-0.2, 0) is 13.0 Å². The number of Topliss-reactive ketones (excluding diaryl/α,β-unsaturated/α-hetero) is 1. The van der Waals surface area contributed by atoms with Gasteiger partial charge >= 0.3 is 0 Å². The standard InChI is InChI=1S/C26H29NO4/c1-3-5-6-7-23(28)20-10-8-18(9-11-20)19-12-14-21(15-13-19)27-17-25-26(30)24(29)16-22(4-2)31-25/h8-16,27,30H,3-7,17H2,1-2H3. The normalized spacial score (nSPS) is 10.8. The van der Waals surface area contributed by atoms with E-state index in [0.29, 0.717) is 18.6 Å². The van der Waals surface area contributed by atoms with E-state index in [1.165, 1.54) is 6.07 Å². The predicted molar refractivity (Wildman–Crippen MR) is 124 cm³/mol. The number of benzene rings is 2. The van der Waals surface area contributed by atoms with Crippen LogP contribution in [0.2, 0.25) is 0 Å². The van der Waals surface area contributed by atoms with Gasteiger partial charge in [0, 0.05) is 30.2 Å². The van der Waals surface area contributed by atoms with Crippen LogP contribution in [0.1, 0.15) is 61.4 Å². The van der Waals surface area contributed by atoms with E-state index in [4.69, 9.17) is 4.42 Å². The van der Waals surface area contributed by atoms with Gasteiger partial charge < -0.3 is 14.8 Å². The molecule has 0 aliphatic heterocycles. The first-order valence-electron chi connectivity index (χ1n) is 10.8. The summed E-state index contributed by atoms with van der Waals surface area (Å²) >= 11 is 0. The van der Waals surface area contributed by atoms with E-state index < -0.39 is 5.43 Å². The van der Waals surface area contributed by atoms with E-state index in [0.717, 1.165) is 41.6 Å². The molecule has 2 N–H and O–H groups in total. The van der Waals surface area contributed by atoms with E-state index in [1.807, 2.05) is 55.5 Å². The summed E-state index contributed by atoms with van der Waals surface area (Å²) in [5.74, 6) is 0.613. The van der Waals surface area contributed by atoms with Crippen molar-refractivity contribution in [3.05, 3.63) is 81.9 Å². The van der Waals surface area contributed by atoms with Gasteiger partial charge in [0.1, 0.15) is 5.76 Å². The summed E-state index contributed by atoms with van der Waals surface area (Å²) in [7, 11) is 0. The summed E-state index contributed by atoms with van der Waals surface area (Å²) in [6.45, 7) is 4.23. The predicted octanol–water partition coefficient (Wildman–Crippen LogP) is 5.95. The molecule has 3 aromatic rings. The first-order valence-corrected chi connectivity index (χ1v) is 10.8. The van der Waals surface area contributed by atoms with Crippen LogP contribution in [0, 0.1) is 0 Å². The zero-order valence-corrected chi connectivity index (χ0v) is 18.1. The maximum atomic E-state index is 12.2. The van der Waals surface area contributed by atoms with Gasteiger partial charge in [-0.05, 0) is 29.7 Å². The minimum Gasteiger partial charge on any atom is -0.502 e. The van der Waals surface area contributed by atoms with Crippen molar-refractivity contribution >= 4 is 11.5 Å². The zero-order valence-electron chi connectivity index (χ0n) is 18.1. The molecule has 0 unspecified atom stereocenters. The molecule has 0 amide bonds. The Balaban J connectivity index is 1.63. The molecule has 31 heavy (non-hydrogen) atoms. The number of hydrogen-bond acceptors (Lipinski definition) is 5. The van der Waals surface area contributed by atoms with Crippen molar-refractivity contribution in [2.24, 2.45) is 0 Å². The van der Waals surface area contributed by atoms with Gasteiger partial charge in [-0.3, -0.25) is 9.59 Å². The van der Waals surface area contributed by atoms with Gasteiger partial charge in [0.2, 0.25) is 11.2 Å². The fourth-order valence-corrected chi connectivity index (χ4v) is 3.37. The largest absolute Gasteiger partial charge is 0.502 e. The number of nitrogens with one attached hydrogen (secondary N) is 1. The molecular weight excluding hydrogens is 390 g/mol. The van der Waals surface area contributed by atoms with Crippen LogP contribution in [0.15, 0.2) is 63.8 Å². The summed E-state index contributed by atoms with van der Waals surface area (Å²) in [4.78, 5) is 24.0. The Morgan fingerprint density at radius 1 is 0.968 bits per heavy atom. The lowest BCUT2D eigenvalue weighted by molar-refractivity contribution is 0.0979. The Labute approximate surface area is 182 Å². The minimum absolute atomic E-state index is 0.196. The van der Waals surface area contributed by atoms with Crippen LogP contribution in [0.5, 0.6) is 5.75 Å². The van der Waals surface area contributed by atoms with Crippen molar-refractivity contribution in [2.45, 2.75) is 52.5 Å². The average molecular weight is 420 g/mol. The molecule has 0 spiro atoms. The first kappa shape index (κ1) is 22.3. The quantitative estimate of drug-likeness (QED) is 0.313. The Morgan fingerprint density at radius 3 is 2.23 bits per heavy atom. The number of carbonyl (C=O) groups excluding carboxylic acids is 1. The summed E-state index contributed by atoms with van der Waals surface area (Å²) in [5, 5.41) is 13.1. The molecular formula is C26H29NO4. The molecule has 0 saturated heterocycles. The highest BCUT2D eigenvalue weighted by Crippen LogP contribution is 2.23. The second-order valence-corrected chi connectivity index (χ2v) is 7.59. The van der Waals surface area contributed by atoms with Gasteiger partial charge in [0.15, 0.2) is 11.5 Å². The number of unbranched alkanes of at least 4 members (excludes halogenated alkanes) is 2. The van der Waals surface area contributed by atoms with Gasteiger partial charge in [-0.1, -0.05) is 63.1 Å². The van der Waals surface area contributed by atoms with Crippen molar-refractivity contribution in [3.8, 4) is 16.9 Å². The van der Waals surface area contributed by atoms with Gasteiger partial charge in [0.25, 0.3) is 0 Å². The fraction of sp³-hybridized carbons (Fsp3) is 0.308. The fourth-order valence-electron chi connectivity index (χ4n) is 3.37. The van der Waals surface area contributed by atoms with Crippen LogP contribution in [0.4, 0.5) is 5.69 Å². The SMILES string of the molecule is CCCCCC(=O)c1ccc(-c2ccc(NCc3oc(CC)cc(=O)c3O)cc2)cc1. The highest BCUT2D eigenvalue weighted by atomic mass is 16.4. The number of hydrogen-bond donors (Lipinski definition) is 2. The minimum atomic E-state index is -0.428. The van der Waals surface area contributed by atoms with Crippen molar-refractivity contribution in [3.63, 3.8) is 0 Å². The van der Waals surface area contributed by atoms with E-state index >= 15 is 0 Å². The highest BCUT2D eigenvalue weighted by Gasteiger charge is 2.11.